The van der Waals surface area contributed by atoms with Crippen LogP contribution in [0.1, 0.15) is 20.8 Å². The molecule has 0 aromatic heterocycles. The molecule has 0 saturated heterocycles. The number of nitrogens with zero attached hydrogens (tertiary/aromatic N) is 1. The first-order valence-corrected chi connectivity index (χ1v) is 7.53. The number of hydrogen-bond acceptors (Lipinski definition) is 3. The number of aliphatic imine (C=N–C) groups is 1. The van der Waals surface area contributed by atoms with Gasteiger partial charge in [0, 0.05) is 19.7 Å². The highest BCUT2D eigenvalue weighted by Crippen LogP contribution is 2.14. The van der Waals surface area contributed by atoms with Crippen molar-refractivity contribution in [3.8, 4) is 5.75 Å². The van der Waals surface area contributed by atoms with Crippen LogP contribution >= 0.6 is 0 Å². The van der Waals surface area contributed by atoms with Crippen LogP contribution in [-0.4, -0.2) is 44.9 Å². The smallest absolute Gasteiger partial charge is 0.191 e. The molecule has 1 aromatic rings. The van der Waals surface area contributed by atoms with Crippen LogP contribution in [0.25, 0.3) is 0 Å². The third kappa shape index (κ3) is 7.27. The lowest BCUT2D eigenvalue weighted by molar-refractivity contribution is 0.0310. The maximum absolute atomic E-state index is 13.1. The van der Waals surface area contributed by atoms with Crippen LogP contribution in [-0.2, 0) is 4.74 Å². The number of ether oxygens (including phenoxy) is 2. The molecule has 0 aliphatic rings. The summed E-state index contributed by atoms with van der Waals surface area (Å²) < 4.78 is 36.5. The van der Waals surface area contributed by atoms with Crippen molar-refractivity contribution >= 4 is 5.96 Å². The van der Waals surface area contributed by atoms with Gasteiger partial charge in [-0.25, -0.2) is 8.78 Å². The van der Waals surface area contributed by atoms with E-state index in [0.29, 0.717) is 25.7 Å². The Labute approximate surface area is 136 Å². The molecule has 0 spiro atoms. The number of nitrogens with one attached hydrogen (secondary N) is 2. The number of hydrogen-bond donors (Lipinski definition) is 2. The number of guanidine groups is 1. The molecule has 1 aromatic carbocycles. The number of rotatable bonds is 8. The minimum atomic E-state index is -0.924. The van der Waals surface area contributed by atoms with Crippen molar-refractivity contribution in [1.82, 2.24) is 10.6 Å². The predicted molar refractivity (Wildman–Crippen MR) is 86.9 cm³/mol. The Balaban J connectivity index is 2.43. The molecular weight excluding hydrogens is 304 g/mol. The zero-order valence-electron chi connectivity index (χ0n) is 14.1. The fourth-order valence-electron chi connectivity index (χ4n) is 1.58. The molecule has 0 aliphatic heterocycles. The normalized spacial score (nSPS) is 12.2. The van der Waals surface area contributed by atoms with E-state index in [1.54, 1.807) is 7.11 Å². The van der Waals surface area contributed by atoms with E-state index in [1.807, 2.05) is 20.8 Å². The second-order valence-corrected chi connectivity index (χ2v) is 5.51. The highest BCUT2D eigenvalue weighted by molar-refractivity contribution is 5.79. The number of methoxy groups -OCH3 is 1. The van der Waals surface area contributed by atoms with Crippen LogP contribution in [0.2, 0.25) is 0 Å². The molecule has 130 valence electrons. The summed E-state index contributed by atoms with van der Waals surface area (Å²) in [5.74, 6) is -0.885. The second kappa shape index (κ2) is 9.29. The van der Waals surface area contributed by atoms with Crippen molar-refractivity contribution in [2.45, 2.75) is 26.4 Å². The van der Waals surface area contributed by atoms with Crippen LogP contribution < -0.4 is 15.4 Å². The van der Waals surface area contributed by atoms with Gasteiger partial charge in [0.2, 0.25) is 0 Å². The average Bonchev–Trinajstić information content (AvgIpc) is 2.52. The molecule has 0 bridgehead atoms. The maximum atomic E-state index is 13.1. The Bertz CT molecular complexity index is 522. The van der Waals surface area contributed by atoms with Crippen molar-refractivity contribution in [3.63, 3.8) is 0 Å². The SMILES string of the molecule is CCNC(=NCC(C)(C)OC)NCCOc1ccc(F)c(F)c1. The highest BCUT2D eigenvalue weighted by Gasteiger charge is 2.15. The van der Waals surface area contributed by atoms with Gasteiger partial charge < -0.3 is 20.1 Å². The van der Waals surface area contributed by atoms with Crippen LogP contribution in [0, 0.1) is 11.6 Å². The Morgan fingerprint density at radius 3 is 2.57 bits per heavy atom. The first-order chi connectivity index (χ1) is 10.9. The zero-order valence-corrected chi connectivity index (χ0v) is 14.1. The van der Waals surface area contributed by atoms with E-state index in [-0.39, 0.29) is 11.4 Å². The van der Waals surface area contributed by atoms with E-state index in [9.17, 15) is 8.78 Å². The third-order valence-corrected chi connectivity index (χ3v) is 3.07. The summed E-state index contributed by atoms with van der Waals surface area (Å²) in [7, 11) is 1.64. The molecule has 0 unspecified atom stereocenters. The van der Waals surface area contributed by atoms with Gasteiger partial charge in [-0.05, 0) is 32.9 Å². The lowest BCUT2D eigenvalue weighted by atomic mass is 10.1. The van der Waals surface area contributed by atoms with Crippen LogP contribution in [0.15, 0.2) is 23.2 Å². The molecule has 0 amide bonds. The Morgan fingerprint density at radius 1 is 1.22 bits per heavy atom. The van der Waals surface area contributed by atoms with Crippen LogP contribution in [0.3, 0.4) is 0 Å². The summed E-state index contributed by atoms with van der Waals surface area (Å²) in [4.78, 5) is 4.43. The summed E-state index contributed by atoms with van der Waals surface area (Å²) in [6.45, 7) is 7.86. The van der Waals surface area contributed by atoms with Crippen molar-refractivity contribution in [2.24, 2.45) is 4.99 Å². The van der Waals surface area contributed by atoms with Crippen molar-refractivity contribution < 1.29 is 18.3 Å². The van der Waals surface area contributed by atoms with E-state index in [4.69, 9.17) is 9.47 Å². The summed E-state index contributed by atoms with van der Waals surface area (Å²) in [6, 6.07) is 3.45. The Morgan fingerprint density at radius 2 is 1.96 bits per heavy atom. The van der Waals surface area contributed by atoms with Gasteiger partial charge in [0.25, 0.3) is 0 Å². The summed E-state index contributed by atoms with van der Waals surface area (Å²) in [5.41, 5.74) is -0.343. The first-order valence-electron chi connectivity index (χ1n) is 7.53. The lowest BCUT2D eigenvalue weighted by Gasteiger charge is -2.21. The van der Waals surface area contributed by atoms with Crippen molar-refractivity contribution in [1.29, 1.82) is 0 Å². The Hall–Kier alpha value is -1.89. The van der Waals surface area contributed by atoms with Gasteiger partial charge in [0.1, 0.15) is 12.4 Å². The Kier molecular flexibility index (Phi) is 7.74. The third-order valence-electron chi connectivity index (χ3n) is 3.07. The quantitative estimate of drug-likeness (QED) is 0.437. The molecule has 2 N–H and O–H groups in total. The number of benzene rings is 1. The predicted octanol–water partition coefficient (Wildman–Crippen LogP) is 2.32. The standard InChI is InChI=1S/C16H25F2N3O2/c1-5-19-15(21-11-16(2,3)22-4)20-8-9-23-12-6-7-13(17)14(18)10-12/h6-7,10H,5,8-9,11H2,1-4H3,(H2,19,20,21). The van der Waals surface area contributed by atoms with E-state index in [0.717, 1.165) is 18.7 Å². The largest absolute Gasteiger partial charge is 0.492 e. The molecule has 5 nitrogen and oxygen atoms in total. The van der Waals surface area contributed by atoms with Crippen LogP contribution in [0.5, 0.6) is 5.75 Å². The van der Waals surface area contributed by atoms with Gasteiger partial charge in [-0.3, -0.25) is 4.99 Å². The molecule has 0 fully saturated rings. The summed E-state index contributed by atoms with van der Waals surface area (Å²) in [5, 5.41) is 6.22. The minimum absolute atomic E-state index is 0.285. The van der Waals surface area contributed by atoms with Crippen LogP contribution in [0.4, 0.5) is 8.78 Å². The lowest BCUT2D eigenvalue weighted by Crippen LogP contribution is -2.40. The monoisotopic (exact) mass is 329 g/mol. The van der Waals surface area contributed by atoms with E-state index >= 15 is 0 Å². The molecule has 0 heterocycles. The van der Waals surface area contributed by atoms with Gasteiger partial charge >= 0.3 is 0 Å². The zero-order chi connectivity index (χ0) is 17.3. The highest BCUT2D eigenvalue weighted by atomic mass is 19.2. The molecule has 0 radical (unpaired) electrons. The molecule has 7 heteroatoms. The van der Waals surface area contributed by atoms with Crippen molar-refractivity contribution in [3.05, 3.63) is 29.8 Å². The first kappa shape index (κ1) is 19.2. The second-order valence-electron chi connectivity index (χ2n) is 5.51. The average molecular weight is 329 g/mol. The molecule has 0 aliphatic carbocycles. The summed E-state index contributed by atoms with van der Waals surface area (Å²) in [6.07, 6.45) is 0. The molecule has 0 atom stereocenters. The van der Waals surface area contributed by atoms with E-state index in [2.05, 4.69) is 15.6 Å². The summed E-state index contributed by atoms with van der Waals surface area (Å²) >= 11 is 0. The molecular formula is C16H25F2N3O2. The maximum Gasteiger partial charge on any atom is 0.191 e. The fourth-order valence-corrected chi connectivity index (χ4v) is 1.58. The molecule has 0 saturated carbocycles. The van der Waals surface area contributed by atoms with E-state index in [1.165, 1.54) is 6.07 Å². The van der Waals surface area contributed by atoms with Gasteiger partial charge in [-0.15, -0.1) is 0 Å². The van der Waals surface area contributed by atoms with Gasteiger partial charge in [0.15, 0.2) is 17.6 Å². The van der Waals surface area contributed by atoms with Gasteiger partial charge in [-0.2, -0.15) is 0 Å². The minimum Gasteiger partial charge on any atom is -0.492 e. The van der Waals surface area contributed by atoms with Gasteiger partial charge in [-0.1, -0.05) is 0 Å². The van der Waals surface area contributed by atoms with E-state index < -0.39 is 11.6 Å². The number of halogens is 2. The molecule has 1 rings (SSSR count). The molecule has 23 heavy (non-hydrogen) atoms. The van der Waals surface area contributed by atoms with Gasteiger partial charge in [0.05, 0.1) is 18.7 Å². The van der Waals surface area contributed by atoms with Crippen molar-refractivity contribution in [2.75, 3.05) is 33.4 Å². The fraction of sp³-hybridized carbons (Fsp3) is 0.562. The topological polar surface area (TPSA) is 54.9 Å².